The fourth-order valence-corrected chi connectivity index (χ4v) is 6.61. The lowest BCUT2D eigenvalue weighted by Crippen LogP contribution is -2.01. The molecule has 0 saturated heterocycles. The third kappa shape index (κ3) is 3.71. The molecule has 4 nitrogen and oxygen atoms in total. The van der Waals surface area contributed by atoms with Gasteiger partial charge in [0, 0.05) is 33.6 Å². The summed E-state index contributed by atoms with van der Waals surface area (Å²) in [5, 5.41) is 4.59. The Labute approximate surface area is 254 Å². The lowest BCUT2D eigenvalue weighted by Gasteiger charge is -2.12. The van der Waals surface area contributed by atoms with Crippen molar-refractivity contribution in [3.63, 3.8) is 0 Å². The zero-order valence-electron chi connectivity index (χ0n) is 23.8. The second kappa shape index (κ2) is 9.79. The largest absolute Gasteiger partial charge is 0.308 e. The normalized spacial score (nSPS) is 11.6. The summed E-state index contributed by atoms with van der Waals surface area (Å²) in [6.45, 7) is 0. The van der Waals surface area contributed by atoms with E-state index in [9.17, 15) is 0 Å². The zero-order chi connectivity index (χ0) is 29.0. The summed E-state index contributed by atoms with van der Waals surface area (Å²) in [7, 11) is 0. The molecule has 0 amide bonds. The Bertz CT molecular complexity index is 2420. The first-order chi connectivity index (χ1) is 21.8. The van der Waals surface area contributed by atoms with E-state index in [0.717, 1.165) is 72.2 Å². The summed E-state index contributed by atoms with van der Waals surface area (Å²) in [6, 6.07) is 53.1. The van der Waals surface area contributed by atoms with Crippen LogP contribution in [0.5, 0.6) is 0 Å². The summed E-state index contributed by atoms with van der Waals surface area (Å²) in [6.07, 6.45) is 2.04. The van der Waals surface area contributed by atoms with Gasteiger partial charge in [0.2, 0.25) is 0 Å². The Kier molecular flexibility index (Phi) is 5.47. The first kappa shape index (κ1) is 24.6. The Balaban J connectivity index is 1.43. The van der Waals surface area contributed by atoms with Crippen LogP contribution < -0.4 is 0 Å². The summed E-state index contributed by atoms with van der Waals surface area (Å²) in [4.78, 5) is 10.5. The molecule has 0 radical (unpaired) electrons. The highest BCUT2D eigenvalue weighted by Crippen LogP contribution is 2.41. The molecule has 0 aliphatic carbocycles. The van der Waals surface area contributed by atoms with Crippen LogP contribution in [-0.4, -0.2) is 19.1 Å². The van der Waals surface area contributed by atoms with Gasteiger partial charge < -0.3 is 4.57 Å². The van der Waals surface area contributed by atoms with Gasteiger partial charge in [-0.1, -0.05) is 115 Å². The molecule has 44 heavy (non-hydrogen) atoms. The molecule has 0 N–H and O–H groups in total. The van der Waals surface area contributed by atoms with Crippen LogP contribution in [-0.2, 0) is 0 Å². The smallest absolute Gasteiger partial charge is 0.148 e. The highest BCUT2D eigenvalue weighted by molar-refractivity contribution is 6.25. The van der Waals surface area contributed by atoms with Gasteiger partial charge in [-0.25, -0.2) is 9.97 Å². The standard InChI is InChI=1S/C40H26N4/c1-4-14-27(15-5-1)29-24-34(28-16-6-2-7-17-28)42-37(25-29)44-36-23-13-11-21-32(36)38-39-33(26-41-40(38)44)31-20-10-12-22-35(31)43(39)30-18-8-3-9-19-30/h1-26H. The van der Waals surface area contributed by atoms with Crippen molar-refractivity contribution in [3.05, 3.63) is 158 Å². The van der Waals surface area contributed by atoms with E-state index in [0.29, 0.717) is 0 Å². The molecular weight excluding hydrogens is 536 g/mol. The molecule has 0 aliphatic rings. The Morgan fingerprint density at radius 1 is 0.455 bits per heavy atom. The van der Waals surface area contributed by atoms with Gasteiger partial charge >= 0.3 is 0 Å². The van der Waals surface area contributed by atoms with Crippen LogP contribution in [0.2, 0.25) is 0 Å². The maximum Gasteiger partial charge on any atom is 0.148 e. The molecule has 9 rings (SSSR count). The lowest BCUT2D eigenvalue weighted by atomic mass is 10.0. The lowest BCUT2D eigenvalue weighted by molar-refractivity contribution is 1.06. The maximum atomic E-state index is 5.29. The van der Waals surface area contributed by atoms with Crippen molar-refractivity contribution in [2.75, 3.05) is 0 Å². The molecule has 0 unspecified atom stereocenters. The number of para-hydroxylation sites is 3. The van der Waals surface area contributed by atoms with Crippen molar-refractivity contribution in [3.8, 4) is 33.9 Å². The van der Waals surface area contributed by atoms with E-state index in [-0.39, 0.29) is 0 Å². The second-order valence-corrected chi connectivity index (χ2v) is 11.1. The van der Waals surface area contributed by atoms with Gasteiger partial charge in [-0.2, -0.15) is 0 Å². The van der Waals surface area contributed by atoms with Crippen LogP contribution in [0.3, 0.4) is 0 Å². The highest BCUT2D eigenvalue weighted by atomic mass is 15.1. The maximum absolute atomic E-state index is 5.29. The van der Waals surface area contributed by atoms with Gasteiger partial charge in [-0.15, -0.1) is 0 Å². The number of pyridine rings is 2. The number of aromatic nitrogens is 4. The quantitative estimate of drug-likeness (QED) is 0.214. The van der Waals surface area contributed by atoms with Gasteiger partial charge in [0.05, 0.1) is 27.6 Å². The molecule has 0 saturated carbocycles. The molecule has 0 fully saturated rings. The van der Waals surface area contributed by atoms with Crippen LogP contribution in [0.1, 0.15) is 0 Å². The average molecular weight is 563 g/mol. The Hall–Kier alpha value is -6.00. The molecule has 5 aromatic carbocycles. The minimum atomic E-state index is 0.839. The molecular formula is C40H26N4. The molecule has 9 aromatic rings. The Morgan fingerprint density at radius 3 is 1.77 bits per heavy atom. The van der Waals surface area contributed by atoms with Crippen LogP contribution in [0.25, 0.3) is 77.6 Å². The van der Waals surface area contributed by atoms with Crippen LogP contribution >= 0.6 is 0 Å². The van der Waals surface area contributed by atoms with E-state index >= 15 is 0 Å². The minimum Gasteiger partial charge on any atom is -0.308 e. The fraction of sp³-hybridized carbons (Fsp3) is 0. The van der Waals surface area contributed by atoms with Crippen molar-refractivity contribution < 1.29 is 0 Å². The summed E-state index contributed by atoms with van der Waals surface area (Å²) >= 11 is 0. The van der Waals surface area contributed by atoms with Crippen LogP contribution in [0.4, 0.5) is 0 Å². The van der Waals surface area contributed by atoms with Crippen molar-refractivity contribution in [1.82, 2.24) is 19.1 Å². The van der Waals surface area contributed by atoms with Gasteiger partial charge in [0.25, 0.3) is 0 Å². The number of hydrogen-bond donors (Lipinski definition) is 0. The summed E-state index contributed by atoms with van der Waals surface area (Å²) in [5.74, 6) is 0.839. The molecule has 4 heterocycles. The third-order valence-corrected chi connectivity index (χ3v) is 8.55. The minimum absolute atomic E-state index is 0.839. The first-order valence-corrected chi connectivity index (χ1v) is 14.9. The number of rotatable bonds is 4. The number of fused-ring (bicyclic) bond motifs is 7. The van der Waals surface area contributed by atoms with Gasteiger partial charge in [-0.05, 0) is 47.5 Å². The SMILES string of the molecule is c1ccc(-c2cc(-c3ccccc3)nc(-n3c4ccccc4c4c3ncc3c5ccccc5n(-c5ccccc5)c34)c2)cc1. The zero-order valence-corrected chi connectivity index (χ0v) is 23.8. The van der Waals surface area contributed by atoms with E-state index in [4.69, 9.17) is 9.97 Å². The van der Waals surface area contributed by atoms with E-state index in [2.05, 4.69) is 155 Å². The van der Waals surface area contributed by atoms with Gasteiger partial charge in [-0.3, -0.25) is 4.57 Å². The van der Waals surface area contributed by atoms with Crippen LogP contribution in [0, 0.1) is 0 Å². The fourth-order valence-electron chi connectivity index (χ4n) is 6.61. The van der Waals surface area contributed by atoms with Crippen molar-refractivity contribution in [2.45, 2.75) is 0 Å². The predicted octanol–water partition coefficient (Wildman–Crippen LogP) is 10.0. The number of nitrogens with zero attached hydrogens (tertiary/aromatic N) is 4. The topological polar surface area (TPSA) is 35.6 Å². The molecule has 0 atom stereocenters. The van der Waals surface area contributed by atoms with Gasteiger partial charge in [0.1, 0.15) is 11.5 Å². The highest BCUT2D eigenvalue weighted by Gasteiger charge is 2.22. The Morgan fingerprint density at radius 2 is 1.05 bits per heavy atom. The number of hydrogen-bond acceptors (Lipinski definition) is 2. The predicted molar refractivity (Wildman–Crippen MR) is 182 cm³/mol. The third-order valence-electron chi connectivity index (χ3n) is 8.55. The molecule has 0 spiro atoms. The molecule has 4 heteroatoms. The molecule has 206 valence electrons. The van der Waals surface area contributed by atoms with E-state index in [1.54, 1.807) is 0 Å². The van der Waals surface area contributed by atoms with Gasteiger partial charge in [0.15, 0.2) is 0 Å². The van der Waals surface area contributed by atoms with Crippen molar-refractivity contribution in [1.29, 1.82) is 0 Å². The first-order valence-electron chi connectivity index (χ1n) is 14.9. The van der Waals surface area contributed by atoms with Crippen molar-refractivity contribution in [2.24, 2.45) is 0 Å². The summed E-state index contributed by atoms with van der Waals surface area (Å²) < 4.78 is 4.62. The molecule has 4 aromatic heterocycles. The summed E-state index contributed by atoms with van der Waals surface area (Å²) in [5.41, 5.74) is 9.65. The van der Waals surface area contributed by atoms with Crippen molar-refractivity contribution >= 4 is 43.7 Å². The van der Waals surface area contributed by atoms with Crippen LogP contribution in [0.15, 0.2) is 158 Å². The van der Waals surface area contributed by atoms with E-state index < -0.39 is 0 Å². The molecule has 0 bridgehead atoms. The second-order valence-electron chi connectivity index (χ2n) is 11.1. The van der Waals surface area contributed by atoms with E-state index in [1.807, 2.05) is 12.3 Å². The number of benzene rings is 5. The molecule has 0 aliphatic heterocycles. The monoisotopic (exact) mass is 562 g/mol. The van der Waals surface area contributed by atoms with E-state index in [1.165, 1.54) is 5.39 Å². The average Bonchev–Trinajstić information content (AvgIpc) is 3.62.